The standard InChI is InChI=1S/C10H10F6O2/c1-3-6(17)5(10(14,15)16)4(2)9(13,7(3)18)8(11)12/h3,7-8,18H,1-2H3. The minimum atomic E-state index is -5.23. The van der Waals surface area contributed by atoms with Gasteiger partial charge in [-0.2, -0.15) is 13.2 Å². The van der Waals surface area contributed by atoms with Crippen LogP contribution in [0.1, 0.15) is 13.8 Å². The molecule has 0 saturated carbocycles. The van der Waals surface area contributed by atoms with Gasteiger partial charge in [0.2, 0.25) is 5.67 Å². The number of ketones is 1. The summed E-state index contributed by atoms with van der Waals surface area (Å²) in [5.41, 5.74) is -7.28. The van der Waals surface area contributed by atoms with E-state index in [1.807, 2.05) is 0 Å². The molecule has 3 unspecified atom stereocenters. The molecule has 0 saturated heterocycles. The molecule has 1 N–H and O–H groups in total. The number of allylic oxidation sites excluding steroid dienone is 1. The van der Waals surface area contributed by atoms with E-state index < -0.39 is 47.2 Å². The van der Waals surface area contributed by atoms with Crippen LogP contribution >= 0.6 is 0 Å². The van der Waals surface area contributed by atoms with Crippen LogP contribution in [0.2, 0.25) is 0 Å². The summed E-state index contributed by atoms with van der Waals surface area (Å²) in [6.45, 7) is 1.23. The zero-order chi connectivity index (χ0) is 14.5. The van der Waals surface area contributed by atoms with Crippen LogP contribution < -0.4 is 0 Å². The molecule has 0 fully saturated rings. The summed E-state index contributed by atoms with van der Waals surface area (Å²) >= 11 is 0. The molecule has 0 radical (unpaired) electrons. The number of halogens is 6. The van der Waals surface area contributed by atoms with Crippen molar-refractivity contribution in [2.45, 2.75) is 38.2 Å². The van der Waals surface area contributed by atoms with E-state index in [9.17, 15) is 36.2 Å². The first-order chi connectivity index (χ1) is 7.95. The SMILES string of the molecule is CC1=C(C(F)(F)F)C(=O)C(C)C(O)C1(F)C(F)F. The molecule has 0 bridgehead atoms. The molecule has 3 atom stereocenters. The van der Waals surface area contributed by atoms with Crippen molar-refractivity contribution in [1.82, 2.24) is 0 Å². The maximum Gasteiger partial charge on any atom is 0.419 e. The van der Waals surface area contributed by atoms with Crippen LogP contribution in [0.5, 0.6) is 0 Å². The molecule has 1 rings (SSSR count). The summed E-state index contributed by atoms with van der Waals surface area (Å²) in [6.07, 6.45) is -11.6. The van der Waals surface area contributed by atoms with Crippen molar-refractivity contribution in [1.29, 1.82) is 0 Å². The van der Waals surface area contributed by atoms with E-state index in [2.05, 4.69) is 0 Å². The topological polar surface area (TPSA) is 37.3 Å². The van der Waals surface area contributed by atoms with E-state index in [0.717, 1.165) is 6.92 Å². The van der Waals surface area contributed by atoms with E-state index in [0.29, 0.717) is 6.92 Å². The van der Waals surface area contributed by atoms with Crippen LogP contribution in [0.4, 0.5) is 26.3 Å². The van der Waals surface area contributed by atoms with E-state index >= 15 is 0 Å². The summed E-state index contributed by atoms with van der Waals surface area (Å²) in [4.78, 5) is 11.4. The summed E-state index contributed by atoms with van der Waals surface area (Å²) in [5, 5.41) is 9.31. The van der Waals surface area contributed by atoms with Crippen LogP contribution in [0.15, 0.2) is 11.1 Å². The Kier molecular flexibility index (Phi) is 3.55. The summed E-state index contributed by atoms with van der Waals surface area (Å²) in [6, 6.07) is 0. The first kappa shape index (κ1) is 15.0. The third-order valence-corrected chi connectivity index (χ3v) is 3.11. The van der Waals surface area contributed by atoms with Crippen LogP contribution in [0.25, 0.3) is 0 Å². The molecule has 18 heavy (non-hydrogen) atoms. The molecule has 2 nitrogen and oxygen atoms in total. The van der Waals surface area contributed by atoms with Crippen molar-refractivity contribution in [3.63, 3.8) is 0 Å². The van der Waals surface area contributed by atoms with Crippen molar-refractivity contribution in [2.24, 2.45) is 5.92 Å². The first-order valence-corrected chi connectivity index (χ1v) is 4.93. The molecule has 0 amide bonds. The van der Waals surface area contributed by atoms with Crippen molar-refractivity contribution in [3.8, 4) is 0 Å². The fraction of sp³-hybridized carbons (Fsp3) is 0.700. The van der Waals surface area contributed by atoms with Gasteiger partial charge >= 0.3 is 6.18 Å². The zero-order valence-corrected chi connectivity index (χ0v) is 9.36. The van der Waals surface area contributed by atoms with Gasteiger partial charge in [0.1, 0.15) is 11.7 Å². The quantitative estimate of drug-likeness (QED) is 0.747. The second kappa shape index (κ2) is 4.25. The third kappa shape index (κ3) is 1.92. The maximum absolute atomic E-state index is 14.0. The molecule has 0 aliphatic heterocycles. The number of aliphatic hydroxyl groups excluding tert-OH is 1. The number of carbonyl (C=O) groups is 1. The fourth-order valence-electron chi connectivity index (χ4n) is 1.98. The van der Waals surface area contributed by atoms with Gasteiger partial charge in [-0.05, 0) is 12.5 Å². The lowest BCUT2D eigenvalue weighted by atomic mass is 9.72. The second-order valence-electron chi connectivity index (χ2n) is 4.16. The Hall–Kier alpha value is -1.05. The number of aliphatic hydroxyl groups is 1. The van der Waals surface area contributed by atoms with Gasteiger partial charge in [0.15, 0.2) is 5.78 Å². The van der Waals surface area contributed by atoms with Crippen molar-refractivity contribution < 1.29 is 36.2 Å². The average molecular weight is 276 g/mol. The Morgan fingerprint density at radius 1 is 1.33 bits per heavy atom. The lowest BCUT2D eigenvalue weighted by Crippen LogP contribution is -2.56. The van der Waals surface area contributed by atoms with Gasteiger partial charge in [-0.1, -0.05) is 6.92 Å². The van der Waals surface area contributed by atoms with Crippen LogP contribution in [0, 0.1) is 5.92 Å². The van der Waals surface area contributed by atoms with E-state index in [1.165, 1.54) is 0 Å². The number of Topliss-reactive ketones (excluding diaryl/α,β-unsaturated/α-hetero) is 1. The lowest BCUT2D eigenvalue weighted by Gasteiger charge is -2.39. The summed E-state index contributed by atoms with van der Waals surface area (Å²) in [5.74, 6) is -3.47. The second-order valence-corrected chi connectivity index (χ2v) is 4.16. The number of rotatable bonds is 1. The normalized spacial score (nSPS) is 34.4. The molecule has 0 aromatic rings. The number of hydrogen-bond donors (Lipinski definition) is 1. The van der Waals surface area contributed by atoms with Gasteiger partial charge in [-0.25, -0.2) is 13.2 Å². The Balaban J connectivity index is 3.56. The molecule has 0 aromatic carbocycles. The third-order valence-electron chi connectivity index (χ3n) is 3.11. The number of carbonyl (C=O) groups excluding carboxylic acids is 1. The molecule has 0 spiro atoms. The average Bonchev–Trinajstić information content (AvgIpc) is 2.21. The Labute approximate surface area is 98.3 Å². The largest absolute Gasteiger partial charge is 0.419 e. The minimum absolute atomic E-state index is 0.446. The highest BCUT2D eigenvalue weighted by molar-refractivity contribution is 6.01. The summed E-state index contributed by atoms with van der Waals surface area (Å²) < 4.78 is 76.9. The van der Waals surface area contributed by atoms with E-state index in [1.54, 1.807) is 0 Å². The minimum Gasteiger partial charge on any atom is -0.388 e. The maximum atomic E-state index is 14.0. The Morgan fingerprint density at radius 3 is 2.11 bits per heavy atom. The monoisotopic (exact) mass is 276 g/mol. The lowest BCUT2D eigenvalue weighted by molar-refractivity contribution is -0.154. The molecule has 8 heteroatoms. The van der Waals surface area contributed by atoms with Crippen LogP contribution in [-0.2, 0) is 4.79 Å². The van der Waals surface area contributed by atoms with Gasteiger partial charge in [0, 0.05) is 5.92 Å². The first-order valence-electron chi connectivity index (χ1n) is 4.93. The van der Waals surface area contributed by atoms with E-state index in [4.69, 9.17) is 0 Å². The predicted molar refractivity (Wildman–Crippen MR) is 48.8 cm³/mol. The molecule has 0 aromatic heterocycles. The zero-order valence-electron chi connectivity index (χ0n) is 9.36. The highest BCUT2D eigenvalue weighted by Gasteiger charge is 2.60. The molecule has 1 aliphatic rings. The van der Waals surface area contributed by atoms with Gasteiger partial charge in [-0.3, -0.25) is 4.79 Å². The molecular weight excluding hydrogens is 266 g/mol. The smallest absolute Gasteiger partial charge is 0.388 e. The van der Waals surface area contributed by atoms with Gasteiger partial charge in [-0.15, -0.1) is 0 Å². The van der Waals surface area contributed by atoms with Crippen LogP contribution in [0.3, 0.4) is 0 Å². The summed E-state index contributed by atoms with van der Waals surface area (Å²) in [7, 11) is 0. The number of hydrogen-bond acceptors (Lipinski definition) is 2. The highest BCUT2D eigenvalue weighted by Crippen LogP contribution is 2.46. The molecular formula is C10H10F6O2. The van der Waals surface area contributed by atoms with Gasteiger partial charge in [0.25, 0.3) is 6.43 Å². The van der Waals surface area contributed by atoms with Gasteiger partial charge < -0.3 is 5.11 Å². The van der Waals surface area contributed by atoms with Crippen molar-refractivity contribution in [2.75, 3.05) is 0 Å². The predicted octanol–water partition coefficient (Wildman–Crippen LogP) is 2.42. The Bertz CT molecular complexity index is 400. The molecule has 0 heterocycles. The van der Waals surface area contributed by atoms with E-state index in [-0.39, 0.29) is 0 Å². The molecule has 1 aliphatic carbocycles. The Morgan fingerprint density at radius 2 is 1.78 bits per heavy atom. The van der Waals surface area contributed by atoms with Crippen LogP contribution in [-0.4, -0.2) is 35.3 Å². The number of alkyl halides is 6. The molecule has 104 valence electrons. The van der Waals surface area contributed by atoms with Crippen molar-refractivity contribution in [3.05, 3.63) is 11.1 Å². The fourth-order valence-corrected chi connectivity index (χ4v) is 1.98. The van der Waals surface area contributed by atoms with Crippen molar-refractivity contribution >= 4 is 5.78 Å². The van der Waals surface area contributed by atoms with Gasteiger partial charge in [0.05, 0.1) is 0 Å². The highest BCUT2D eigenvalue weighted by atomic mass is 19.4.